The molecule has 0 fully saturated rings. The van der Waals surface area contributed by atoms with Gasteiger partial charge in [0.25, 0.3) is 0 Å². The minimum Gasteiger partial charge on any atom is -0.480 e. The smallest absolute Gasteiger partial charge is 0.323 e. The molecule has 2 atom stereocenters. The molecule has 0 saturated carbocycles. The second kappa shape index (κ2) is 5.85. The first-order valence-corrected chi connectivity index (χ1v) is 6.90. The van der Waals surface area contributed by atoms with E-state index in [0.717, 1.165) is 16.3 Å². The van der Waals surface area contributed by atoms with E-state index < -0.39 is 11.5 Å². The van der Waals surface area contributed by atoms with Gasteiger partial charge in [0.05, 0.1) is 4.34 Å². The van der Waals surface area contributed by atoms with Crippen molar-refractivity contribution < 1.29 is 9.90 Å². The van der Waals surface area contributed by atoms with Crippen LogP contribution in [0.5, 0.6) is 0 Å². The molecular formula is C12H18ClNO2S. The van der Waals surface area contributed by atoms with Gasteiger partial charge in [-0.1, -0.05) is 24.9 Å². The summed E-state index contributed by atoms with van der Waals surface area (Å²) in [6.45, 7) is 5.66. The topological polar surface area (TPSA) is 49.3 Å². The van der Waals surface area contributed by atoms with Crippen LogP contribution < -0.4 is 5.32 Å². The number of rotatable bonds is 6. The Hall–Kier alpha value is -0.580. The maximum Gasteiger partial charge on any atom is 0.323 e. The first-order valence-electron chi connectivity index (χ1n) is 5.64. The van der Waals surface area contributed by atoms with Gasteiger partial charge in [-0.2, -0.15) is 0 Å². The molecule has 0 aliphatic carbocycles. The molecule has 5 heteroatoms. The Morgan fingerprint density at radius 3 is 2.76 bits per heavy atom. The molecule has 0 aromatic carbocycles. The fraction of sp³-hybridized carbons (Fsp3) is 0.583. The van der Waals surface area contributed by atoms with Crippen molar-refractivity contribution in [3.63, 3.8) is 0 Å². The van der Waals surface area contributed by atoms with Crippen LogP contribution in [-0.2, 0) is 4.79 Å². The van der Waals surface area contributed by atoms with Crippen LogP contribution in [0.3, 0.4) is 0 Å². The molecule has 1 heterocycles. The Kier molecular flexibility index (Phi) is 4.98. The van der Waals surface area contributed by atoms with Crippen LogP contribution in [-0.4, -0.2) is 16.6 Å². The second-order valence-corrected chi connectivity index (χ2v) is 5.98. The van der Waals surface area contributed by atoms with Crippen LogP contribution in [0.2, 0.25) is 4.34 Å². The molecule has 3 nitrogen and oxygen atoms in total. The number of carboxylic acids is 1. The van der Waals surface area contributed by atoms with Crippen molar-refractivity contribution in [2.75, 3.05) is 0 Å². The summed E-state index contributed by atoms with van der Waals surface area (Å²) < 4.78 is 0.723. The predicted octanol–water partition coefficient (Wildman–Crippen LogP) is 3.70. The van der Waals surface area contributed by atoms with Crippen LogP contribution in [0.15, 0.2) is 11.4 Å². The van der Waals surface area contributed by atoms with E-state index in [-0.39, 0.29) is 6.04 Å². The van der Waals surface area contributed by atoms with Crippen molar-refractivity contribution in [1.82, 2.24) is 5.32 Å². The minimum atomic E-state index is -0.886. The van der Waals surface area contributed by atoms with E-state index in [1.807, 2.05) is 25.3 Å². The number of hydrogen-bond acceptors (Lipinski definition) is 3. The summed E-state index contributed by atoms with van der Waals surface area (Å²) in [5.41, 5.74) is 0.145. The number of halogens is 1. The molecule has 0 amide bonds. The van der Waals surface area contributed by atoms with Crippen molar-refractivity contribution in [3.05, 3.63) is 21.3 Å². The lowest BCUT2D eigenvalue weighted by Crippen LogP contribution is -2.50. The summed E-state index contributed by atoms with van der Waals surface area (Å²) in [5.74, 6) is -0.812. The molecule has 1 aromatic heterocycles. The summed E-state index contributed by atoms with van der Waals surface area (Å²) >= 11 is 7.33. The van der Waals surface area contributed by atoms with E-state index in [1.54, 1.807) is 6.92 Å². The van der Waals surface area contributed by atoms with Crippen LogP contribution in [0.1, 0.15) is 45.2 Å². The van der Waals surface area contributed by atoms with Gasteiger partial charge in [-0.05, 0) is 37.3 Å². The molecule has 17 heavy (non-hydrogen) atoms. The first-order chi connectivity index (χ1) is 7.89. The highest BCUT2D eigenvalue weighted by Crippen LogP contribution is 2.27. The summed E-state index contributed by atoms with van der Waals surface area (Å²) in [6.07, 6.45) is 1.43. The number of carbonyl (C=O) groups is 1. The normalized spacial score (nSPS) is 16.5. The van der Waals surface area contributed by atoms with Crippen molar-refractivity contribution in [3.8, 4) is 0 Å². The van der Waals surface area contributed by atoms with E-state index in [0.29, 0.717) is 6.42 Å². The van der Waals surface area contributed by atoms with Crippen molar-refractivity contribution >= 4 is 28.9 Å². The number of carboxylic acid groups (broad SMARTS) is 1. The maximum absolute atomic E-state index is 11.3. The number of hydrogen-bond donors (Lipinski definition) is 2. The maximum atomic E-state index is 11.3. The van der Waals surface area contributed by atoms with E-state index in [1.165, 1.54) is 11.3 Å². The van der Waals surface area contributed by atoms with Gasteiger partial charge in [0.2, 0.25) is 0 Å². The Morgan fingerprint density at radius 2 is 2.35 bits per heavy atom. The molecule has 0 bridgehead atoms. The lowest BCUT2D eigenvalue weighted by atomic mass is 9.94. The van der Waals surface area contributed by atoms with Gasteiger partial charge in [-0.25, -0.2) is 0 Å². The molecule has 2 N–H and O–H groups in total. The van der Waals surface area contributed by atoms with E-state index in [4.69, 9.17) is 11.6 Å². The van der Waals surface area contributed by atoms with Crippen molar-refractivity contribution in [2.24, 2.45) is 0 Å². The standard InChI is InChI=1S/C12H18ClNO2S/c1-4-5-12(3,11(15)16)14-8(2)9-6-10(13)17-7-9/h6-8,14H,4-5H2,1-3H3,(H,15,16). The summed E-state index contributed by atoms with van der Waals surface area (Å²) in [4.78, 5) is 11.3. The molecule has 96 valence electrons. The second-order valence-electron chi connectivity index (χ2n) is 4.44. The van der Waals surface area contributed by atoms with Crippen LogP contribution in [0, 0.1) is 0 Å². The zero-order chi connectivity index (χ0) is 13.1. The van der Waals surface area contributed by atoms with Gasteiger partial charge in [0.1, 0.15) is 5.54 Å². The van der Waals surface area contributed by atoms with E-state index >= 15 is 0 Å². The van der Waals surface area contributed by atoms with E-state index in [2.05, 4.69) is 5.32 Å². The number of thiophene rings is 1. The predicted molar refractivity (Wildman–Crippen MR) is 71.8 cm³/mol. The lowest BCUT2D eigenvalue weighted by Gasteiger charge is -2.29. The SMILES string of the molecule is CCCC(C)(NC(C)c1csc(Cl)c1)C(=O)O. The van der Waals surface area contributed by atoms with Gasteiger partial charge < -0.3 is 5.11 Å². The molecule has 0 aliphatic heterocycles. The Bertz CT molecular complexity index is 394. The Morgan fingerprint density at radius 1 is 1.71 bits per heavy atom. The highest BCUT2D eigenvalue weighted by molar-refractivity contribution is 7.14. The quantitative estimate of drug-likeness (QED) is 0.832. The van der Waals surface area contributed by atoms with Crippen molar-refractivity contribution in [2.45, 2.75) is 45.2 Å². The lowest BCUT2D eigenvalue weighted by molar-refractivity contribution is -0.144. The molecule has 1 aromatic rings. The molecular weight excluding hydrogens is 258 g/mol. The zero-order valence-corrected chi connectivity index (χ0v) is 11.9. The zero-order valence-electron chi connectivity index (χ0n) is 10.3. The van der Waals surface area contributed by atoms with Crippen LogP contribution in [0.25, 0.3) is 0 Å². The Balaban J connectivity index is 2.77. The van der Waals surface area contributed by atoms with Gasteiger partial charge in [-0.15, -0.1) is 11.3 Å². The van der Waals surface area contributed by atoms with Gasteiger partial charge >= 0.3 is 5.97 Å². The van der Waals surface area contributed by atoms with Crippen LogP contribution >= 0.6 is 22.9 Å². The van der Waals surface area contributed by atoms with Gasteiger partial charge in [0.15, 0.2) is 0 Å². The van der Waals surface area contributed by atoms with Crippen molar-refractivity contribution in [1.29, 1.82) is 0 Å². The Labute approximate surface area is 111 Å². The molecule has 2 unspecified atom stereocenters. The molecule has 0 spiro atoms. The highest BCUT2D eigenvalue weighted by atomic mass is 35.5. The average molecular weight is 276 g/mol. The average Bonchev–Trinajstić information content (AvgIpc) is 2.65. The van der Waals surface area contributed by atoms with E-state index in [9.17, 15) is 9.90 Å². The molecule has 1 rings (SSSR count). The third-order valence-corrected chi connectivity index (χ3v) is 3.95. The summed E-state index contributed by atoms with van der Waals surface area (Å²) in [7, 11) is 0. The third-order valence-electron chi connectivity index (χ3n) is 2.84. The van der Waals surface area contributed by atoms with Crippen LogP contribution in [0.4, 0.5) is 0 Å². The monoisotopic (exact) mass is 275 g/mol. The summed E-state index contributed by atoms with van der Waals surface area (Å²) in [6, 6.07) is 1.85. The third kappa shape index (κ3) is 3.69. The molecule has 0 aliphatic rings. The fourth-order valence-corrected chi connectivity index (χ4v) is 2.84. The summed E-state index contributed by atoms with van der Waals surface area (Å²) in [5, 5.41) is 14.4. The van der Waals surface area contributed by atoms with Gasteiger partial charge in [-0.3, -0.25) is 10.1 Å². The minimum absolute atomic E-state index is 0.0219. The van der Waals surface area contributed by atoms with Gasteiger partial charge in [0, 0.05) is 6.04 Å². The highest BCUT2D eigenvalue weighted by Gasteiger charge is 2.33. The fourth-order valence-electron chi connectivity index (χ4n) is 1.85. The first kappa shape index (κ1) is 14.5. The number of nitrogens with one attached hydrogen (secondary N) is 1. The largest absolute Gasteiger partial charge is 0.480 e. The number of aliphatic carboxylic acids is 1. The molecule has 0 radical (unpaired) electrons. The molecule has 0 saturated heterocycles.